The molecule has 206 valence electrons. The topological polar surface area (TPSA) is 67.8 Å². The molecule has 1 saturated heterocycles. The molecule has 0 amide bonds. The van der Waals surface area contributed by atoms with Gasteiger partial charge in [0.05, 0.1) is 37.1 Å². The average molecular weight is 651 g/mol. The van der Waals surface area contributed by atoms with Crippen LogP contribution in [0.3, 0.4) is 0 Å². The standard InChI is InChI=1S/C29H40IN4O3P/c1-36-24-17-21(32-28-22(24)9-6-15-34(28)30)7-3-4-10-25(38)20-13-16-33(18-20)27(29(35)37-2)23-8-5-14-31-26(23)19-11-12-19/h5,8,14,17,19-20,25,27H,3-4,6-7,9-13,15-16,18,38H2,1-2H3/t20-,25+,27-/m1/s1. The van der Waals surface area contributed by atoms with Crippen LogP contribution < -0.4 is 7.85 Å². The summed E-state index contributed by atoms with van der Waals surface area (Å²) in [7, 11) is 6.37. The zero-order valence-electron chi connectivity index (χ0n) is 22.6. The molecule has 5 rings (SSSR count). The number of pyridine rings is 2. The molecule has 1 aliphatic carbocycles. The van der Waals surface area contributed by atoms with Crippen LogP contribution in [0.25, 0.3) is 0 Å². The van der Waals surface area contributed by atoms with Crippen LogP contribution in [0.4, 0.5) is 5.82 Å². The van der Waals surface area contributed by atoms with E-state index >= 15 is 0 Å². The smallest absolute Gasteiger partial charge is 0.327 e. The van der Waals surface area contributed by atoms with Gasteiger partial charge < -0.3 is 9.47 Å². The molecule has 2 aromatic heterocycles. The summed E-state index contributed by atoms with van der Waals surface area (Å²) < 4.78 is 13.2. The summed E-state index contributed by atoms with van der Waals surface area (Å²) in [5, 5.41) is 0. The van der Waals surface area contributed by atoms with E-state index in [9.17, 15) is 4.79 Å². The molecule has 4 atom stereocenters. The minimum atomic E-state index is -0.353. The van der Waals surface area contributed by atoms with Crippen LogP contribution in [0.1, 0.15) is 79.4 Å². The van der Waals surface area contributed by atoms with Crippen molar-refractivity contribution in [1.82, 2.24) is 14.9 Å². The van der Waals surface area contributed by atoms with Gasteiger partial charge in [0.15, 0.2) is 0 Å². The number of esters is 1. The van der Waals surface area contributed by atoms with E-state index in [1.165, 1.54) is 12.7 Å². The number of hydrogen-bond acceptors (Lipinski definition) is 7. The van der Waals surface area contributed by atoms with Gasteiger partial charge in [-0.25, -0.2) is 9.78 Å². The number of unbranched alkanes of at least 4 members (excludes halogenated alkanes) is 1. The van der Waals surface area contributed by atoms with Gasteiger partial charge >= 0.3 is 5.97 Å². The molecular weight excluding hydrogens is 610 g/mol. The van der Waals surface area contributed by atoms with E-state index < -0.39 is 0 Å². The van der Waals surface area contributed by atoms with Gasteiger partial charge in [-0.1, -0.05) is 12.5 Å². The second-order valence-electron chi connectivity index (χ2n) is 10.9. The van der Waals surface area contributed by atoms with E-state index in [-0.39, 0.29) is 12.0 Å². The van der Waals surface area contributed by atoms with Gasteiger partial charge in [0.2, 0.25) is 0 Å². The molecule has 2 fully saturated rings. The predicted molar refractivity (Wildman–Crippen MR) is 162 cm³/mol. The van der Waals surface area contributed by atoms with Gasteiger partial charge in [0.1, 0.15) is 17.6 Å². The number of rotatable bonds is 11. The zero-order valence-corrected chi connectivity index (χ0v) is 25.9. The zero-order chi connectivity index (χ0) is 26.6. The van der Waals surface area contributed by atoms with Crippen LogP contribution in [0, 0.1) is 5.92 Å². The van der Waals surface area contributed by atoms with E-state index in [0.29, 0.717) is 17.5 Å². The lowest BCUT2D eigenvalue weighted by atomic mass is 9.98. The van der Waals surface area contributed by atoms with Crippen molar-refractivity contribution in [1.29, 1.82) is 0 Å². The molecule has 0 N–H and O–H groups in total. The fourth-order valence-electron chi connectivity index (χ4n) is 6.10. The Morgan fingerprint density at radius 2 is 2.08 bits per heavy atom. The SMILES string of the molecule is COC(=O)[C@@H](c1cccnc1C1CC1)N1CC[C@@H]([C@@H](P)CCCCc2cc(OC)c3c(n2)N(I)CCC3)C1. The molecule has 38 heavy (non-hydrogen) atoms. The molecule has 0 bridgehead atoms. The molecule has 0 aromatic carbocycles. The molecule has 1 saturated carbocycles. The van der Waals surface area contributed by atoms with Crippen LogP contribution in [0.2, 0.25) is 0 Å². The van der Waals surface area contributed by atoms with Crippen molar-refractivity contribution in [3.63, 3.8) is 0 Å². The summed E-state index contributed by atoms with van der Waals surface area (Å²) >= 11 is 2.37. The fourth-order valence-corrected chi connectivity index (χ4v) is 7.39. The Balaban J connectivity index is 1.16. The number of aryl methyl sites for hydroxylation is 1. The maximum Gasteiger partial charge on any atom is 0.327 e. The highest BCUT2D eigenvalue weighted by Gasteiger charge is 2.39. The third-order valence-corrected chi connectivity index (χ3v) is 10.2. The summed E-state index contributed by atoms with van der Waals surface area (Å²) in [4.78, 5) is 24.9. The number of fused-ring (bicyclic) bond motifs is 1. The van der Waals surface area contributed by atoms with Crippen molar-refractivity contribution in [2.45, 2.75) is 75.4 Å². The lowest BCUT2D eigenvalue weighted by Gasteiger charge is -2.28. The molecule has 9 heteroatoms. The first-order valence-corrected chi connectivity index (χ1v) is 15.7. The van der Waals surface area contributed by atoms with E-state index in [1.807, 2.05) is 12.3 Å². The lowest BCUT2D eigenvalue weighted by molar-refractivity contribution is -0.147. The Morgan fingerprint density at radius 1 is 1.24 bits per heavy atom. The van der Waals surface area contributed by atoms with Gasteiger partial charge in [0, 0.05) is 53.8 Å². The Labute approximate surface area is 243 Å². The van der Waals surface area contributed by atoms with Gasteiger partial charge in [-0.15, -0.1) is 9.24 Å². The van der Waals surface area contributed by atoms with Crippen molar-refractivity contribution >= 4 is 43.9 Å². The molecule has 2 aromatic rings. The third kappa shape index (κ3) is 6.28. The summed E-state index contributed by atoms with van der Waals surface area (Å²) in [6.07, 6.45) is 11.9. The van der Waals surface area contributed by atoms with Gasteiger partial charge in [-0.3, -0.25) is 13.0 Å². The van der Waals surface area contributed by atoms with Gasteiger partial charge in [-0.05, 0) is 75.6 Å². The lowest BCUT2D eigenvalue weighted by Crippen LogP contribution is -2.35. The first-order chi connectivity index (χ1) is 18.5. The van der Waals surface area contributed by atoms with Crippen LogP contribution in [0.15, 0.2) is 24.4 Å². The van der Waals surface area contributed by atoms with E-state index in [4.69, 9.17) is 14.5 Å². The molecular formula is C29H40IN4O3P. The minimum absolute atomic E-state index is 0.168. The number of carbonyl (C=O) groups excluding carboxylic acids is 1. The highest BCUT2D eigenvalue weighted by molar-refractivity contribution is 14.1. The Hall–Kier alpha value is -1.51. The maximum absolute atomic E-state index is 13.0. The number of carbonyl (C=O) groups is 1. The average Bonchev–Trinajstić information content (AvgIpc) is 3.68. The second-order valence-corrected chi connectivity index (χ2v) is 13.0. The van der Waals surface area contributed by atoms with Crippen molar-refractivity contribution in [2.24, 2.45) is 5.92 Å². The van der Waals surface area contributed by atoms with Crippen LogP contribution in [0.5, 0.6) is 5.75 Å². The summed E-state index contributed by atoms with van der Waals surface area (Å²) in [6.45, 7) is 2.88. The number of likely N-dealkylation sites (tertiary alicyclic amines) is 1. The number of anilines is 1. The minimum Gasteiger partial charge on any atom is -0.496 e. The number of nitrogens with zero attached hydrogens (tertiary/aromatic N) is 4. The van der Waals surface area contributed by atoms with Gasteiger partial charge in [0.25, 0.3) is 0 Å². The number of halogens is 1. The van der Waals surface area contributed by atoms with Crippen molar-refractivity contribution in [3.8, 4) is 5.75 Å². The molecule has 2 aliphatic heterocycles. The second kappa shape index (κ2) is 12.8. The van der Waals surface area contributed by atoms with Crippen molar-refractivity contribution < 1.29 is 14.3 Å². The normalized spacial score (nSPS) is 21.2. The van der Waals surface area contributed by atoms with Gasteiger partial charge in [-0.2, -0.15) is 0 Å². The molecule has 3 aliphatic rings. The van der Waals surface area contributed by atoms with Crippen molar-refractivity contribution in [2.75, 3.05) is 37.0 Å². The Bertz CT molecular complexity index is 1130. The number of hydrogen-bond donors (Lipinski definition) is 0. The molecule has 7 nitrogen and oxygen atoms in total. The predicted octanol–water partition coefficient (Wildman–Crippen LogP) is 5.66. The number of methoxy groups -OCH3 is 2. The van der Waals surface area contributed by atoms with E-state index in [1.54, 1.807) is 7.11 Å². The first kappa shape index (κ1) is 28.0. The monoisotopic (exact) mass is 650 g/mol. The summed E-state index contributed by atoms with van der Waals surface area (Å²) in [6, 6.07) is 5.82. The summed E-state index contributed by atoms with van der Waals surface area (Å²) in [5.74, 6) is 2.96. The number of ether oxygens (including phenoxy) is 2. The number of aromatic nitrogens is 2. The van der Waals surface area contributed by atoms with Crippen LogP contribution in [-0.2, 0) is 22.4 Å². The largest absolute Gasteiger partial charge is 0.496 e. The Kier molecular flexibility index (Phi) is 9.42. The molecule has 0 spiro atoms. The van der Waals surface area contributed by atoms with E-state index in [0.717, 1.165) is 106 Å². The molecule has 0 radical (unpaired) electrons. The molecule has 4 heterocycles. The highest BCUT2D eigenvalue weighted by atomic mass is 127. The van der Waals surface area contributed by atoms with Crippen LogP contribution in [-0.4, -0.2) is 60.4 Å². The summed E-state index contributed by atoms with van der Waals surface area (Å²) in [5.41, 5.74) is 5.03. The maximum atomic E-state index is 13.0. The third-order valence-electron chi connectivity index (χ3n) is 8.35. The first-order valence-electron chi connectivity index (χ1n) is 14.0. The molecule has 1 unspecified atom stereocenters. The highest BCUT2D eigenvalue weighted by Crippen LogP contribution is 2.44. The van der Waals surface area contributed by atoms with Crippen LogP contribution >= 0.6 is 32.1 Å². The quantitative estimate of drug-likeness (QED) is 0.102. The Morgan fingerprint density at radius 3 is 2.84 bits per heavy atom. The fraction of sp³-hybridized carbons (Fsp3) is 0.621. The van der Waals surface area contributed by atoms with E-state index in [2.05, 4.69) is 57.2 Å². The van der Waals surface area contributed by atoms with Crippen molar-refractivity contribution in [3.05, 3.63) is 46.9 Å².